The largest absolute Gasteiger partial charge is 0.497 e. The number of benzene rings is 2. The van der Waals surface area contributed by atoms with Crippen molar-refractivity contribution in [2.45, 2.75) is 11.4 Å². The van der Waals surface area contributed by atoms with Gasteiger partial charge in [-0.25, -0.2) is 8.42 Å². The van der Waals surface area contributed by atoms with Crippen LogP contribution in [0.15, 0.2) is 53.4 Å². The molecule has 0 aliphatic rings. The smallest absolute Gasteiger partial charge is 0.321 e. The number of esters is 1. The number of nitrogens with one attached hydrogen (secondary N) is 2. The highest BCUT2D eigenvalue weighted by Gasteiger charge is 2.19. The van der Waals surface area contributed by atoms with Crippen LogP contribution in [0.1, 0.15) is 11.1 Å². The quantitative estimate of drug-likeness (QED) is 0.574. The summed E-state index contributed by atoms with van der Waals surface area (Å²) in [5, 5.41) is 11.6. The van der Waals surface area contributed by atoms with Crippen molar-refractivity contribution in [3.05, 3.63) is 59.7 Å². The lowest BCUT2D eigenvalue weighted by atomic mass is 10.2. The molecule has 0 atom stereocenters. The van der Waals surface area contributed by atoms with Gasteiger partial charge in [0.05, 0.1) is 17.6 Å². The summed E-state index contributed by atoms with van der Waals surface area (Å²) in [4.78, 5) is 23.2. The Balaban J connectivity index is 1.77. The summed E-state index contributed by atoms with van der Waals surface area (Å²) in [6.45, 7) is -0.989. The molecule has 0 radical (unpaired) electrons. The molecule has 10 heteroatoms. The third-order valence-corrected chi connectivity index (χ3v) is 5.18. The summed E-state index contributed by atoms with van der Waals surface area (Å²) in [6, 6.07) is 14.4. The van der Waals surface area contributed by atoms with Crippen LogP contribution in [0.3, 0.4) is 0 Å². The summed E-state index contributed by atoms with van der Waals surface area (Å²) >= 11 is 0. The van der Waals surface area contributed by atoms with Crippen molar-refractivity contribution < 1.29 is 27.5 Å². The molecule has 9 nitrogen and oxygen atoms in total. The zero-order chi connectivity index (χ0) is 21.3. The number of amides is 1. The van der Waals surface area contributed by atoms with E-state index in [2.05, 4.69) is 5.32 Å². The van der Waals surface area contributed by atoms with E-state index >= 15 is 0 Å². The van der Waals surface area contributed by atoms with Gasteiger partial charge in [0.1, 0.15) is 18.4 Å². The highest BCUT2D eigenvalue weighted by atomic mass is 32.2. The van der Waals surface area contributed by atoms with Crippen LogP contribution in [0.25, 0.3) is 0 Å². The first-order valence-electron chi connectivity index (χ1n) is 8.40. The molecular formula is C19H19N3O6S. The molecule has 0 aliphatic carbocycles. The Hall–Kier alpha value is -3.42. The lowest BCUT2D eigenvalue weighted by Gasteiger charge is -2.09. The van der Waals surface area contributed by atoms with Gasteiger partial charge in [0.25, 0.3) is 5.91 Å². The summed E-state index contributed by atoms with van der Waals surface area (Å²) in [5.74, 6) is -0.775. The van der Waals surface area contributed by atoms with E-state index in [4.69, 9.17) is 14.7 Å². The van der Waals surface area contributed by atoms with E-state index in [1.54, 1.807) is 37.4 Å². The summed E-state index contributed by atoms with van der Waals surface area (Å²) in [7, 11) is -2.52. The van der Waals surface area contributed by atoms with Crippen molar-refractivity contribution in [1.29, 1.82) is 5.26 Å². The minimum Gasteiger partial charge on any atom is -0.497 e. The minimum atomic E-state index is -4.07. The summed E-state index contributed by atoms with van der Waals surface area (Å²) in [6.07, 6.45) is 0. The molecule has 0 saturated heterocycles. The average molecular weight is 417 g/mol. The minimum absolute atomic E-state index is 0.0497. The van der Waals surface area contributed by atoms with Crippen molar-refractivity contribution in [3.63, 3.8) is 0 Å². The third-order valence-electron chi connectivity index (χ3n) is 3.72. The highest BCUT2D eigenvalue weighted by Crippen LogP contribution is 2.14. The van der Waals surface area contributed by atoms with Gasteiger partial charge in [-0.2, -0.15) is 9.98 Å². The molecule has 0 bridgehead atoms. The molecule has 1 amide bonds. The Kier molecular flexibility index (Phi) is 7.70. The number of ether oxygens (including phenoxy) is 2. The Morgan fingerprint density at radius 1 is 1.10 bits per heavy atom. The fraction of sp³-hybridized carbons (Fsp3) is 0.211. The Morgan fingerprint density at radius 2 is 1.79 bits per heavy atom. The maximum Gasteiger partial charge on any atom is 0.321 e. The molecule has 2 aromatic carbocycles. The molecule has 0 fully saturated rings. The van der Waals surface area contributed by atoms with Gasteiger partial charge in [0.15, 0.2) is 6.61 Å². The Labute approximate surface area is 168 Å². The van der Waals surface area contributed by atoms with Gasteiger partial charge in [-0.1, -0.05) is 24.3 Å². The van der Waals surface area contributed by atoms with Crippen LogP contribution in [-0.4, -0.2) is 40.6 Å². The van der Waals surface area contributed by atoms with Gasteiger partial charge in [-0.05, 0) is 29.8 Å². The van der Waals surface area contributed by atoms with Crippen LogP contribution in [-0.2, 0) is 30.9 Å². The fourth-order valence-corrected chi connectivity index (χ4v) is 3.34. The summed E-state index contributed by atoms with van der Waals surface area (Å²) < 4.78 is 36.2. The second-order valence-electron chi connectivity index (χ2n) is 5.72. The van der Waals surface area contributed by atoms with Gasteiger partial charge < -0.3 is 14.8 Å². The van der Waals surface area contributed by atoms with Gasteiger partial charge >= 0.3 is 5.97 Å². The van der Waals surface area contributed by atoms with E-state index in [9.17, 15) is 18.0 Å². The number of sulfonamides is 1. The molecule has 0 spiro atoms. The van der Waals surface area contributed by atoms with Crippen LogP contribution in [0.5, 0.6) is 5.75 Å². The topological polar surface area (TPSA) is 135 Å². The van der Waals surface area contributed by atoms with E-state index in [-0.39, 0.29) is 17.0 Å². The van der Waals surface area contributed by atoms with E-state index in [1.165, 1.54) is 24.3 Å². The van der Waals surface area contributed by atoms with Crippen LogP contribution in [0.2, 0.25) is 0 Å². The highest BCUT2D eigenvalue weighted by molar-refractivity contribution is 7.89. The summed E-state index contributed by atoms with van der Waals surface area (Å²) in [5.41, 5.74) is 0.778. The van der Waals surface area contributed by atoms with Gasteiger partial charge in [-0.15, -0.1) is 0 Å². The maximum atomic E-state index is 12.2. The zero-order valence-electron chi connectivity index (χ0n) is 15.5. The van der Waals surface area contributed by atoms with E-state index in [0.717, 1.165) is 5.56 Å². The molecular weight excluding hydrogens is 398 g/mol. The van der Waals surface area contributed by atoms with Crippen molar-refractivity contribution in [2.75, 3.05) is 20.3 Å². The Morgan fingerprint density at radius 3 is 2.45 bits per heavy atom. The van der Waals surface area contributed by atoms with E-state index in [0.29, 0.717) is 5.75 Å². The molecule has 2 N–H and O–H groups in total. The number of methoxy groups -OCH3 is 1. The first-order chi connectivity index (χ1) is 13.9. The normalized spacial score (nSPS) is 10.6. The lowest BCUT2D eigenvalue weighted by molar-refractivity contribution is -0.147. The molecule has 0 aliphatic heterocycles. The van der Waals surface area contributed by atoms with Crippen LogP contribution >= 0.6 is 0 Å². The van der Waals surface area contributed by atoms with Crippen molar-refractivity contribution in [1.82, 2.24) is 10.0 Å². The van der Waals surface area contributed by atoms with Crippen molar-refractivity contribution in [2.24, 2.45) is 0 Å². The monoisotopic (exact) mass is 417 g/mol. The number of hydrogen-bond acceptors (Lipinski definition) is 7. The zero-order valence-corrected chi connectivity index (χ0v) is 16.4. The SMILES string of the molecule is COc1ccc(CNC(=O)COC(=O)CNS(=O)(=O)c2ccccc2C#N)cc1. The van der Waals surface area contributed by atoms with E-state index in [1.807, 2.05) is 4.72 Å². The van der Waals surface area contributed by atoms with Crippen LogP contribution in [0, 0.1) is 11.3 Å². The van der Waals surface area contributed by atoms with Crippen LogP contribution in [0.4, 0.5) is 0 Å². The first-order valence-corrected chi connectivity index (χ1v) is 9.88. The number of rotatable bonds is 9. The standard InChI is InChI=1S/C19H19N3O6S/c1-27-16-8-6-14(7-9-16)11-21-18(23)13-28-19(24)12-22-29(25,26)17-5-3-2-4-15(17)10-20/h2-9,22H,11-13H2,1H3,(H,21,23). The second kappa shape index (κ2) is 10.2. The third kappa shape index (κ3) is 6.60. The molecule has 0 aromatic heterocycles. The maximum absolute atomic E-state index is 12.2. The van der Waals surface area contributed by atoms with Gasteiger partial charge in [0, 0.05) is 6.54 Å². The number of carbonyl (C=O) groups excluding carboxylic acids is 2. The molecule has 29 heavy (non-hydrogen) atoms. The lowest BCUT2D eigenvalue weighted by Crippen LogP contribution is -2.34. The average Bonchev–Trinajstić information content (AvgIpc) is 2.75. The first kappa shape index (κ1) is 21.9. The predicted molar refractivity (Wildman–Crippen MR) is 102 cm³/mol. The van der Waals surface area contributed by atoms with E-state index < -0.39 is 35.1 Å². The van der Waals surface area contributed by atoms with Crippen LogP contribution < -0.4 is 14.8 Å². The molecule has 2 aromatic rings. The fourth-order valence-electron chi connectivity index (χ4n) is 2.22. The van der Waals surface area contributed by atoms with Crippen molar-refractivity contribution in [3.8, 4) is 11.8 Å². The molecule has 152 valence electrons. The molecule has 0 unspecified atom stereocenters. The molecule has 2 rings (SSSR count). The van der Waals surface area contributed by atoms with Gasteiger partial charge in [0.2, 0.25) is 10.0 Å². The molecule has 0 saturated carbocycles. The predicted octanol–water partition coefficient (Wildman–Crippen LogP) is 0.705. The van der Waals surface area contributed by atoms with Crippen molar-refractivity contribution >= 4 is 21.9 Å². The second-order valence-corrected chi connectivity index (χ2v) is 7.45. The Bertz CT molecular complexity index is 1010. The number of hydrogen-bond donors (Lipinski definition) is 2. The molecule has 0 heterocycles. The number of nitrogens with zero attached hydrogens (tertiary/aromatic N) is 1. The van der Waals surface area contributed by atoms with Gasteiger partial charge in [-0.3, -0.25) is 9.59 Å². The number of carbonyl (C=O) groups is 2. The number of nitriles is 1.